The van der Waals surface area contributed by atoms with E-state index in [1.54, 1.807) is 35.6 Å². The van der Waals surface area contributed by atoms with Crippen LogP contribution in [0.5, 0.6) is 0 Å². The Morgan fingerprint density at radius 2 is 1.70 bits per heavy atom. The van der Waals surface area contributed by atoms with Gasteiger partial charge < -0.3 is 10.6 Å². The highest BCUT2D eigenvalue weighted by Crippen LogP contribution is 2.28. The van der Waals surface area contributed by atoms with Gasteiger partial charge in [-0.15, -0.1) is 11.3 Å². The van der Waals surface area contributed by atoms with Crippen molar-refractivity contribution in [3.05, 3.63) is 53.5 Å². The van der Waals surface area contributed by atoms with Crippen molar-refractivity contribution >= 4 is 44.7 Å². The number of benzene rings is 2. The maximum Gasteiger partial charge on any atom is 0.238 e. The van der Waals surface area contributed by atoms with Gasteiger partial charge in [0.15, 0.2) is 0 Å². The molecule has 1 aromatic heterocycles. The van der Waals surface area contributed by atoms with Crippen LogP contribution in [0.4, 0.5) is 11.4 Å². The van der Waals surface area contributed by atoms with Gasteiger partial charge in [-0.3, -0.25) is 14.5 Å². The van der Waals surface area contributed by atoms with Crippen molar-refractivity contribution in [1.29, 1.82) is 0 Å². The molecule has 0 saturated carbocycles. The summed E-state index contributed by atoms with van der Waals surface area (Å²) in [6, 6.07) is 15.1. The smallest absolute Gasteiger partial charge is 0.238 e. The van der Waals surface area contributed by atoms with Gasteiger partial charge >= 0.3 is 0 Å². The third kappa shape index (κ3) is 4.90. The van der Waals surface area contributed by atoms with Gasteiger partial charge in [-0.1, -0.05) is 12.1 Å². The highest BCUT2D eigenvalue weighted by atomic mass is 32.1. The Kier molecular flexibility index (Phi) is 5.83. The molecule has 0 spiro atoms. The summed E-state index contributed by atoms with van der Waals surface area (Å²) in [5.41, 5.74) is 2.37. The summed E-state index contributed by atoms with van der Waals surface area (Å²) < 4.78 is 1.15. The number of hydrogen-bond acceptors (Lipinski definition) is 5. The van der Waals surface area contributed by atoms with E-state index in [1.165, 1.54) is 6.92 Å². The van der Waals surface area contributed by atoms with E-state index in [4.69, 9.17) is 0 Å². The molecule has 0 aliphatic heterocycles. The van der Waals surface area contributed by atoms with Crippen LogP contribution in [0.3, 0.4) is 0 Å². The normalized spacial score (nSPS) is 12.1. The van der Waals surface area contributed by atoms with E-state index in [2.05, 4.69) is 21.7 Å². The first kappa shape index (κ1) is 19.0. The summed E-state index contributed by atoms with van der Waals surface area (Å²) in [7, 11) is 1.91. The SMILES string of the molecule is CC(=O)Nc1ccc(NC(=O)CN(C)[C@H](C)c2nc3ccccc3s2)cc1. The van der Waals surface area contributed by atoms with Crippen LogP contribution in [0.15, 0.2) is 48.5 Å². The molecule has 0 fully saturated rings. The molecule has 0 aliphatic rings. The summed E-state index contributed by atoms with van der Waals surface area (Å²) in [5.74, 6) is -0.227. The van der Waals surface area contributed by atoms with Crippen molar-refractivity contribution < 1.29 is 9.59 Å². The van der Waals surface area contributed by atoms with E-state index in [0.29, 0.717) is 11.4 Å². The summed E-state index contributed by atoms with van der Waals surface area (Å²) in [5, 5.41) is 6.56. The van der Waals surface area contributed by atoms with Gasteiger partial charge in [-0.2, -0.15) is 0 Å². The van der Waals surface area contributed by atoms with Gasteiger partial charge in [0.25, 0.3) is 0 Å². The Hall–Kier alpha value is -2.77. The lowest BCUT2D eigenvalue weighted by Crippen LogP contribution is -2.32. The molecule has 6 nitrogen and oxygen atoms in total. The van der Waals surface area contributed by atoms with Crippen LogP contribution in [0, 0.1) is 0 Å². The average Bonchev–Trinajstić information content (AvgIpc) is 3.06. The molecular formula is C20H22N4O2S. The Balaban J connectivity index is 1.58. The van der Waals surface area contributed by atoms with Gasteiger partial charge in [0, 0.05) is 18.3 Å². The Bertz CT molecular complexity index is 919. The molecule has 2 N–H and O–H groups in total. The summed E-state index contributed by atoms with van der Waals surface area (Å²) >= 11 is 1.65. The number of aromatic nitrogens is 1. The fourth-order valence-electron chi connectivity index (χ4n) is 2.66. The van der Waals surface area contributed by atoms with Crippen LogP contribution < -0.4 is 10.6 Å². The molecule has 0 bridgehead atoms. The number of likely N-dealkylation sites (N-methyl/N-ethyl adjacent to an activating group) is 1. The second kappa shape index (κ2) is 8.28. The average molecular weight is 382 g/mol. The van der Waals surface area contributed by atoms with E-state index in [9.17, 15) is 9.59 Å². The van der Waals surface area contributed by atoms with Crippen LogP contribution in [-0.2, 0) is 9.59 Å². The van der Waals surface area contributed by atoms with Gasteiger partial charge in [-0.25, -0.2) is 4.98 Å². The number of anilines is 2. The third-order valence-electron chi connectivity index (χ3n) is 4.21. The number of carbonyl (C=O) groups is 2. The van der Waals surface area contributed by atoms with Crippen LogP contribution in [0.25, 0.3) is 10.2 Å². The van der Waals surface area contributed by atoms with Crippen molar-refractivity contribution in [3.63, 3.8) is 0 Å². The fourth-order valence-corrected chi connectivity index (χ4v) is 3.75. The van der Waals surface area contributed by atoms with Crippen LogP contribution >= 0.6 is 11.3 Å². The molecule has 3 rings (SSSR count). The predicted octanol–water partition coefficient (Wildman–Crippen LogP) is 3.89. The predicted molar refractivity (Wildman–Crippen MR) is 110 cm³/mol. The highest BCUT2D eigenvalue weighted by molar-refractivity contribution is 7.18. The zero-order valence-electron chi connectivity index (χ0n) is 15.5. The summed E-state index contributed by atoms with van der Waals surface area (Å²) in [6.45, 7) is 3.76. The summed E-state index contributed by atoms with van der Waals surface area (Å²) in [6.07, 6.45) is 0. The Labute approximate surface area is 162 Å². The van der Waals surface area contributed by atoms with Crippen molar-refractivity contribution in [1.82, 2.24) is 9.88 Å². The molecule has 0 unspecified atom stereocenters. The molecule has 27 heavy (non-hydrogen) atoms. The van der Waals surface area contributed by atoms with Crippen LogP contribution in [-0.4, -0.2) is 35.3 Å². The maximum atomic E-state index is 12.4. The quantitative estimate of drug-likeness (QED) is 0.678. The number of nitrogens with zero attached hydrogens (tertiary/aromatic N) is 2. The largest absolute Gasteiger partial charge is 0.326 e. The molecule has 2 amide bonds. The number of hydrogen-bond donors (Lipinski definition) is 2. The first-order valence-corrected chi connectivity index (χ1v) is 9.47. The second-order valence-electron chi connectivity index (χ2n) is 6.42. The molecule has 0 aliphatic carbocycles. The molecule has 1 heterocycles. The van der Waals surface area contributed by atoms with Gasteiger partial charge in [-0.05, 0) is 50.4 Å². The minimum atomic E-state index is -0.128. The first-order valence-electron chi connectivity index (χ1n) is 8.65. The number of nitrogens with one attached hydrogen (secondary N) is 2. The van der Waals surface area contributed by atoms with Crippen molar-refractivity contribution in [2.45, 2.75) is 19.9 Å². The minimum Gasteiger partial charge on any atom is -0.326 e. The zero-order chi connectivity index (χ0) is 19.4. The van der Waals surface area contributed by atoms with Crippen molar-refractivity contribution in [2.75, 3.05) is 24.2 Å². The number of amides is 2. The number of thiazole rings is 1. The first-order chi connectivity index (χ1) is 12.9. The topological polar surface area (TPSA) is 74.3 Å². The lowest BCUT2D eigenvalue weighted by Gasteiger charge is -2.22. The highest BCUT2D eigenvalue weighted by Gasteiger charge is 2.18. The van der Waals surface area contributed by atoms with Gasteiger partial charge in [0.1, 0.15) is 5.01 Å². The van der Waals surface area contributed by atoms with Crippen molar-refractivity contribution in [2.24, 2.45) is 0 Å². The third-order valence-corrected chi connectivity index (χ3v) is 5.42. The lowest BCUT2D eigenvalue weighted by atomic mass is 10.2. The number of rotatable bonds is 6. The molecule has 2 aromatic carbocycles. The monoisotopic (exact) mass is 382 g/mol. The van der Waals surface area contributed by atoms with Gasteiger partial charge in [0.05, 0.1) is 22.8 Å². The Morgan fingerprint density at radius 1 is 1.07 bits per heavy atom. The fraction of sp³-hybridized carbons (Fsp3) is 0.250. The van der Waals surface area contributed by atoms with Crippen LogP contribution in [0.2, 0.25) is 0 Å². The van der Waals surface area contributed by atoms with E-state index in [0.717, 1.165) is 15.2 Å². The van der Waals surface area contributed by atoms with Crippen LogP contribution in [0.1, 0.15) is 24.9 Å². The molecule has 0 saturated heterocycles. The second-order valence-corrected chi connectivity index (χ2v) is 7.48. The van der Waals surface area contributed by atoms with Gasteiger partial charge in [0.2, 0.25) is 11.8 Å². The standard InChI is InChI=1S/C20H22N4O2S/c1-13(20-23-17-6-4-5-7-18(17)27-20)24(3)12-19(26)22-16-10-8-15(9-11-16)21-14(2)25/h4-11,13H,12H2,1-3H3,(H,21,25)(H,22,26)/t13-/m1/s1. The van der Waals surface area contributed by atoms with E-state index in [-0.39, 0.29) is 24.4 Å². The number of fused-ring (bicyclic) bond motifs is 1. The van der Waals surface area contributed by atoms with E-state index >= 15 is 0 Å². The van der Waals surface area contributed by atoms with E-state index in [1.807, 2.05) is 37.1 Å². The molecule has 0 radical (unpaired) electrons. The lowest BCUT2D eigenvalue weighted by molar-refractivity contribution is -0.117. The minimum absolute atomic E-state index is 0.0373. The van der Waals surface area contributed by atoms with E-state index < -0.39 is 0 Å². The Morgan fingerprint density at radius 3 is 2.33 bits per heavy atom. The number of para-hydroxylation sites is 1. The molecule has 7 heteroatoms. The number of carbonyl (C=O) groups excluding carboxylic acids is 2. The molecular weight excluding hydrogens is 360 g/mol. The molecule has 140 valence electrons. The summed E-state index contributed by atoms with van der Waals surface area (Å²) in [4.78, 5) is 30.0. The van der Waals surface area contributed by atoms with Crippen molar-refractivity contribution in [3.8, 4) is 0 Å². The molecule has 1 atom stereocenters. The maximum absolute atomic E-state index is 12.4. The zero-order valence-corrected chi connectivity index (χ0v) is 16.3. The molecule has 3 aromatic rings.